The van der Waals surface area contributed by atoms with Crippen molar-refractivity contribution in [2.24, 2.45) is 10.7 Å². The zero-order chi connectivity index (χ0) is 9.90. The molecule has 3 nitrogen and oxygen atoms in total. The van der Waals surface area contributed by atoms with E-state index < -0.39 is 0 Å². The lowest BCUT2D eigenvalue weighted by Gasteiger charge is -2.42. The maximum atomic E-state index is 5.78. The summed E-state index contributed by atoms with van der Waals surface area (Å²) in [5.74, 6) is 0.608. The first-order valence-electron chi connectivity index (χ1n) is 5.19. The Balaban J connectivity index is 2.46. The van der Waals surface area contributed by atoms with Gasteiger partial charge in [-0.15, -0.1) is 0 Å². The molecule has 0 heterocycles. The van der Waals surface area contributed by atoms with Crippen LogP contribution >= 0.6 is 0 Å². The fraction of sp³-hybridized carbons (Fsp3) is 0.900. The maximum Gasteiger partial charge on any atom is 0.189 e. The van der Waals surface area contributed by atoms with Crippen LogP contribution in [-0.4, -0.2) is 17.5 Å². The highest BCUT2D eigenvalue weighted by molar-refractivity contribution is 5.79. The summed E-state index contributed by atoms with van der Waals surface area (Å²) in [7, 11) is 0. The predicted molar refractivity (Wildman–Crippen MR) is 56.8 cm³/mol. The molecule has 1 saturated carbocycles. The van der Waals surface area contributed by atoms with Gasteiger partial charge in [0, 0.05) is 11.6 Å². The van der Waals surface area contributed by atoms with Crippen molar-refractivity contribution in [1.29, 1.82) is 0 Å². The summed E-state index contributed by atoms with van der Waals surface area (Å²) in [6.07, 6.45) is 4.92. The number of nitrogens with zero attached hydrogens (tertiary/aromatic N) is 1. The molecular weight excluding hydrogens is 162 g/mol. The van der Waals surface area contributed by atoms with Gasteiger partial charge in [-0.05, 0) is 39.5 Å². The number of guanidine groups is 1. The number of hydrogen-bond donors (Lipinski definition) is 2. The summed E-state index contributed by atoms with van der Waals surface area (Å²) in [4.78, 5) is 4.28. The molecule has 0 aromatic rings. The molecule has 0 unspecified atom stereocenters. The van der Waals surface area contributed by atoms with Crippen LogP contribution in [0.4, 0.5) is 0 Å². The highest BCUT2D eigenvalue weighted by Crippen LogP contribution is 2.34. The molecule has 0 bridgehead atoms. The van der Waals surface area contributed by atoms with E-state index in [2.05, 4.69) is 17.2 Å². The van der Waals surface area contributed by atoms with Crippen molar-refractivity contribution >= 4 is 5.96 Å². The zero-order valence-electron chi connectivity index (χ0n) is 8.93. The molecule has 13 heavy (non-hydrogen) atoms. The van der Waals surface area contributed by atoms with Gasteiger partial charge in [0.25, 0.3) is 0 Å². The van der Waals surface area contributed by atoms with E-state index in [1.165, 1.54) is 19.3 Å². The van der Waals surface area contributed by atoms with Crippen LogP contribution in [0.5, 0.6) is 0 Å². The Morgan fingerprint density at radius 3 is 2.46 bits per heavy atom. The molecule has 1 aliphatic carbocycles. The van der Waals surface area contributed by atoms with Gasteiger partial charge in [0.05, 0.1) is 0 Å². The molecule has 3 N–H and O–H groups in total. The number of aliphatic imine (C=N–C) groups is 1. The monoisotopic (exact) mass is 183 g/mol. The van der Waals surface area contributed by atoms with E-state index in [4.69, 9.17) is 5.73 Å². The Kier molecular flexibility index (Phi) is 3.17. The minimum absolute atomic E-state index is 0.266. The van der Waals surface area contributed by atoms with Gasteiger partial charge in [0.1, 0.15) is 0 Å². The van der Waals surface area contributed by atoms with E-state index in [9.17, 15) is 0 Å². The van der Waals surface area contributed by atoms with Gasteiger partial charge in [-0.3, -0.25) is 4.99 Å². The molecule has 1 fully saturated rings. The quantitative estimate of drug-likeness (QED) is 0.516. The van der Waals surface area contributed by atoms with Crippen molar-refractivity contribution in [1.82, 2.24) is 5.32 Å². The third-order valence-corrected chi connectivity index (χ3v) is 2.78. The van der Waals surface area contributed by atoms with E-state index in [-0.39, 0.29) is 11.6 Å². The zero-order valence-corrected chi connectivity index (χ0v) is 8.93. The highest BCUT2D eigenvalue weighted by atomic mass is 15.2. The Bertz CT molecular complexity index is 187. The number of nitrogens with one attached hydrogen (secondary N) is 1. The predicted octanol–water partition coefficient (Wildman–Crippen LogP) is 1.63. The Hall–Kier alpha value is -0.730. The van der Waals surface area contributed by atoms with Crippen LogP contribution in [0.15, 0.2) is 4.99 Å². The third-order valence-electron chi connectivity index (χ3n) is 2.78. The van der Waals surface area contributed by atoms with Crippen LogP contribution in [0.25, 0.3) is 0 Å². The third kappa shape index (κ3) is 2.61. The largest absolute Gasteiger partial charge is 0.370 e. The van der Waals surface area contributed by atoms with Crippen molar-refractivity contribution < 1.29 is 0 Å². The number of hydrogen-bond acceptors (Lipinski definition) is 1. The molecule has 0 amide bonds. The van der Waals surface area contributed by atoms with E-state index in [0.29, 0.717) is 5.96 Å². The number of rotatable bonds is 3. The molecule has 1 aliphatic rings. The Morgan fingerprint density at radius 1 is 1.54 bits per heavy atom. The molecule has 0 aromatic heterocycles. The van der Waals surface area contributed by atoms with Crippen molar-refractivity contribution in [2.75, 3.05) is 0 Å². The summed E-state index contributed by atoms with van der Waals surface area (Å²) in [6, 6.07) is 0.279. The van der Waals surface area contributed by atoms with Crippen molar-refractivity contribution in [3.8, 4) is 0 Å². The smallest absolute Gasteiger partial charge is 0.189 e. The van der Waals surface area contributed by atoms with Crippen LogP contribution in [0.1, 0.15) is 46.5 Å². The van der Waals surface area contributed by atoms with Crippen molar-refractivity contribution in [2.45, 2.75) is 58.0 Å². The second kappa shape index (κ2) is 3.99. The van der Waals surface area contributed by atoms with Crippen LogP contribution in [-0.2, 0) is 0 Å². The molecule has 0 saturated heterocycles. The summed E-state index contributed by atoms with van der Waals surface area (Å²) in [5.41, 5.74) is 6.05. The molecule has 0 aliphatic heterocycles. The molecule has 0 radical (unpaired) electrons. The van der Waals surface area contributed by atoms with Crippen LogP contribution in [0.3, 0.4) is 0 Å². The molecule has 0 spiro atoms. The lowest BCUT2D eigenvalue weighted by atomic mass is 9.75. The van der Waals surface area contributed by atoms with Gasteiger partial charge >= 0.3 is 0 Å². The second-order valence-corrected chi connectivity index (χ2v) is 4.22. The highest BCUT2D eigenvalue weighted by Gasteiger charge is 2.35. The average molecular weight is 183 g/mol. The van der Waals surface area contributed by atoms with Gasteiger partial charge in [-0.2, -0.15) is 0 Å². The molecule has 0 atom stereocenters. The van der Waals surface area contributed by atoms with E-state index in [0.717, 1.165) is 6.42 Å². The SMILES string of the molecule is CCC1(NC(N)=NC(C)C)CCC1. The average Bonchev–Trinajstić information content (AvgIpc) is 1.95. The first-order valence-corrected chi connectivity index (χ1v) is 5.19. The summed E-state index contributed by atoms with van der Waals surface area (Å²) in [5, 5.41) is 3.34. The standard InChI is InChI=1S/C10H21N3/c1-4-10(6-5-7-10)13-9(11)12-8(2)3/h8H,4-7H2,1-3H3,(H3,11,12,13). The summed E-state index contributed by atoms with van der Waals surface area (Å²) in [6.45, 7) is 6.27. The topological polar surface area (TPSA) is 50.4 Å². The van der Waals surface area contributed by atoms with Crippen molar-refractivity contribution in [3.05, 3.63) is 0 Å². The van der Waals surface area contributed by atoms with Crippen molar-refractivity contribution in [3.63, 3.8) is 0 Å². The molecular formula is C10H21N3. The first-order chi connectivity index (χ1) is 6.08. The van der Waals surface area contributed by atoms with Gasteiger partial charge in [-0.1, -0.05) is 6.92 Å². The minimum Gasteiger partial charge on any atom is -0.370 e. The van der Waals surface area contributed by atoms with E-state index in [1.807, 2.05) is 13.8 Å². The second-order valence-electron chi connectivity index (χ2n) is 4.22. The lowest BCUT2D eigenvalue weighted by Crippen LogP contribution is -2.55. The molecule has 0 aromatic carbocycles. The minimum atomic E-state index is 0.266. The van der Waals surface area contributed by atoms with Crippen LogP contribution < -0.4 is 11.1 Å². The summed E-state index contributed by atoms with van der Waals surface area (Å²) >= 11 is 0. The van der Waals surface area contributed by atoms with Gasteiger partial charge in [0.2, 0.25) is 0 Å². The number of nitrogens with two attached hydrogens (primary N) is 1. The molecule has 1 rings (SSSR count). The van der Waals surface area contributed by atoms with Crippen LogP contribution in [0.2, 0.25) is 0 Å². The van der Waals surface area contributed by atoms with Crippen LogP contribution in [0, 0.1) is 0 Å². The Morgan fingerprint density at radius 2 is 2.15 bits per heavy atom. The van der Waals surface area contributed by atoms with E-state index >= 15 is 0 Å². The van der Waals surface area contributed by atoms with Gasteiger partial charge in [0.15, 0.2) is 5.96 Å². The van der Waals surface area contributed by atoms with Gasteiger partial charge < -0.3 is 11.1 Å². The fourth-order valence-electron chi connectivity index (χ4n) is 1.75. The van der Waals surface area contributed by atoms with Gasteiger partial charge in [-0.25, -0.2) is 0 Å². The van der Waals surface area contributed by atoms with E-state index in [1.54, 1.807) is 0 Å². The molecule has 76 valence electrons. The fourth-order valence-corrected chi connectivity index (χ4v) is 1.75. The normalized spacial score (nSPS) is 21.4. The maximum absolute atomic E-state index is 5.78. The first kappa shape index (κ1) is 10.4. The molecule has 3 heteroatoms. The Labute approximate surface area is 80.8 Å². The summed E-state index contributed by atoms with van der Waals surface area (Å²) < 4.78 is 0. The lowest BCUT2D eigenvalue weighted by molar-refractivity contribution is 0.209.